The molecule has 0 saturated carbocycles. The normalized spacial score (nSPS) is 20.1. The summed E-state index contributed by atoms with van der Waals surface area (Å²) in [6.07, 6.45) is 0. The lowest BCUT2D eigenvalue weighted by Gasteiger charge is -2.31. The zero-order valence-corrected chi connectivity index (χ0v) is 14.8. The van der Waals surface area contributed by atoms with Gasteiger partial charge in [-0.15, -0.1) is 0 Å². The number of halogens is 1. The first-order chi connectivity index (χ1) is 11.9. The fraction of sp³-hybridized carbons (Fsp3) is 0.421. The summed E-state index contributed by atoms with van der Waals surface area (Å²) in [5.41, 5.74) is 1.76. The Labute approximate surface area is 146 Å². The Balaban J connectivity index is 2.62. The zero-order valence-electron chi connectivity index (χ0n) is 14.8. The van der Waals surface area contributed by atoms with Crippen molar-refractivity contribution in [3.63, 3.8) is 0 Å². The minimum absolute atomic E-state index is 0.193. The number of carbonyl (C=O) groups excluding carboxylic acids is 2. The van der Waals surface area contributed by atoms with Crippen molar-refractivity contribution < 1.29 is 23.5 Å². The molecule has 0 aliphatic carbocycles. The van der Waals surface area contributed by atoms with Crippen molar-refractivity contribution in [2.45, 2.75) is 33.6 Å². The first-order valence-corrected chi connectivity index (χ1v) is 8.25. The third-order valence-electron chi connectivity index (χ3n) is 4.07. The van der Waals surface area contributed by atoms with E-state index in [2.05, 4.69) is 4.99 Å². The van der Waals surface area contributed by atoms with Gasteiger partial charge in [0.1, 0.15) is 11.7 Å². The summed E-state index contributed by atoms with van der Waals surface area (Å²) in [6, 6.07) is 5.87. The highest BCUT2D eigenvalue weighted by Gasteiger charge is 2.42. The molecule has 1 aromatic rings. The quantitative estimate of drug-likeness (QED) is 0.766. The summed E-state index contributed by atoms with van der Waals surface area (Å²) >= 11 is 0. The minimum Gasteiger partial charge on any atom is -0.465 e. The molecule has 0 amide bonds. The smallest absolute Gasteiger partial charge is 0.336 e. The molecular formula is C19H22FNO4. The molecule has 1 aliphatic rings. The van der Waals surface area contributed by atoms with Gasteiger partial charge in [-0.1, -0.05) is 12.1 Å². The van der Waals surface area contributed by atoms with Crippen LogP contribution in [0.15, 0.2) is 40.5 Å². The molecule has 1 aromatic carbocycles. The Hall–Kier alpha value is -2.50. The molecule has 0 fully saturated rings. The van der Waals surface area contributed by atoms with Crippen LogP contribution < -0.4 is 0 Å². The third-order valence-corrected chi connectivity index (χ3v) is 4.07. The second-order valence-corrected chi connectivity index (χ2v) is 5.74. The van der Waals surface area contributed by atoms with E-state index in [1.54, 1.807) is 39.8 Å². The molecule has 2 rings (SSSR count). The van der Waals surface area contributed by atoms with E-state index in [1.807, 2.05) is 0 Å². The van der Waals surface area contributed by atoms with Gasteiger partial charge in [0.05, 0.1) is 18.8 Å². The lowest BCUT2D eigenvalue weighted by atomic mass is 9.75. The Morgan fingerprint density at radius 1 is 1.16 bits per heavy atom. The molecule has 134 valence electrons. The molecule has 5 nitrogen and oxygen atoms in total. The molecule has 2 unspecified atom stereocenters. The highest BCUT2D eigenvalue weighted by Crippen LogP contribution is 2.40. The van der Waals surface area contributed by atoms with Gasteiger partial charge >= 0.3 is 11.9 Å². The van der Waals surface area contributed by atoms with Gasteiger partial charge in [-0.25, -0.2) is 9.18 Å². The number of nitrogens with zero attached hydrogens (tertiary/aromatic N) is 1. The highest BCUT2D eigenvalue weighted by molar-refractivity contribution is 6.07. The number of allylic oxidation sites excluding steroid dienone is 1. The van der Waals surface area contributed by atoms with Crippen molar-refractivity contribution in [1.29, 1.82) is 0 Å². The molecule has 1 aliphatic heterocycles. The number of ether oxygens (including phenoxy) is 2. The molecule has 1 heterocycles. The summed E-state index contributed by atoms with van der Waals surface area (Å²) in [5, 5.41) is 0. The number of hydrogen-bond donors (Lipinski definition) is 0. The highest BCUT2D eigenvalue weighted by atomic mass is 19.1. The molecule has 0 bridgehead atoms. The summed E-state index contributed by atoms with van der Waals surface area (Å²) in [4.78, 5) is 29.4. The van der Waals surface area contributed by atoms with Gasteiger partial charge in [-0.3, -0.25) is 9.79 Å². The van der Waals surface area contributed by atoms with E-state index in [0.29, 0.717) is 17.0 Å². The number of benzene rings is 1. The van der Waals surface area contributed by atoms with Crippen LogP contribution >= 0.6 is 0 Å². The fourth-order valence-electron chi connectivity index (χ4n) is 3.11. The average Bonchev–Trinajstić information content (AvgIpc) is 2.54. The number of hydrogen-bond acceptors (Lipinski definition) is 5. The number of rotatable bonds is 5. The minimum atomic E-state index is -0.801. The maximum absolute atomic E-state index is 13.8. The van der Waals surface area contributed by atoms with Gasteiger partial charge in [-0.05, 0) is 45.4 Å². The van der Waals surface area contributed by atoms with Gasteiger partial charge in [0.2, 0.25) is 0 Å². The summed E-state index contributed by atoms with van der Waals surface area (Å²) in [7, 11) is 0. The van der Waals surface area contributed by atoms with Crippen molar-refractivity contribution in [1.82, 2.24) is 0 Å². The monoisotopic (exact) mass is 347 g/mol. The number of aliphatic imine (C=N–C) groups is 1. The molecular weight excluding hydrogens is 325 g/mol. The van der Waals surface area contributed by atoms with Crippen LogP contribution in [-0.2, 0) is 19.1 Å². The van der Waals surface area contributed by atoms with Crippen molar-refractivity contribution in [2.24, 2.45) is 10.9 Å². The van der Waals surface area contributed by atoms with Crippen LogP contribution in [0, 0.1) is 11.7 Å². The predicted octanol–water partition coefficient (Wildman–Crippen LogP) is 3.40. The molecule has 2 atom stereocenters. The van der Waals surface area contributed by atoms with Crippen LogP contribution in [0.25, 0.3) is 0 Å². The van der Waals surface area contributed by atoms with Crippen molar-refractivity contribution in [3.05, 3.63) is 46.9 Å². The Morgan fingerprint density at radius 2 is 1.84 bits per heavy atom. The third kappa shape index (κ3) is 3.95. The Kier molecular flexibility index (Phi) is 6.07. The maximum atomic E-state index is 13.8. The van der Waals surface area contributed by atoms with Crippen LogP contribution in [-0.4, -0.2) is 30.9 Å². The fourth-order valence-corrected chi connectivity index (χ4v) is 3.11. The summed E-state index contributed by atoms with van der Waals surface area (Å²) in [6.45, 7) is 7.19. The molecule has 0 aromatic heterocycles. The average molecular weight is 347 g/mol. The Bertz CT molecular complexity index is 739. The van der Waals surface area contributed by atoms with Crippen LogP contribution in [0.5, 0.6) is 0 Å². The van der Waals surface area contributed by atoms with Crippen LogP contribution in [0.4, 0.5) is 4.39 Å². The van der Waals surface area contributed by atoms with Crippen molar-refractivity contribution in [3.8, 4) is 0 Å². The summed E-state index contributed by atoms with van der Waals surface area (Å²) < 4.78 is 24.1. The lowest BCUT2D eigenvalue weighted by Crippen LogP contribution is -2.36. The molecule has 25 heavy (non-hydrogen) atoms. The van der Waals surface area contributed by atoms with E-state index in [4.69, 9.17) is 9.47 Å². The Morgan fingerprint density at radius 3 is 2.44 bits per heavy atom. The second kappa shape index (κ2) is 8.05. The van der Waals surface area contributed by atoms with Crippen molar-refractivity contribution in [2.75, 3.05) is 13.2 Å². The van der Waals surface area contributed by atoms with Gasteiger partial charge in [-0.2, -0.15) is 0 Å². The van der Waals surface area contributed by atoms with E-state index >= 15 is 0 Å². The van der Waals surface area contributed by atoms with Crippen molar-refractivity contribution >= 4 is 17.7 Å². The van der Waals surface area contributed by atoms with Gasteiger partial charge in [0.25, 0.3) is 0 Å². The van der Waals surface area contributed by atoms with Crippen LogP contribution in [0.1, 0.15) is 39.2 Å². The second-order valence-electron chi connectivity index (χ2n) is 5.74. The largest absolute Gasteiger partial charge is 0.465 e. The molecule has 0 spiro atoms. The number of carbonyl (C=O) groups is 2. The molecule has 0 radical (unpaired) electrons. The van der Waals surface area contributed by atoms with Gasteiger partial charge in [0.15, 0.2) is 0 Å². The van der Waals surface area contributed by atoms with E-state index in [0.717, 1.165) is 0 Å². The first kappa shape index (κ1) is 18.8. The zero-order chi connectivity index (χ0) is 18.6. The molecule has 0 saturated heterocycles. The summed E-state index contributed by atoms with van der Waals surface area (Å²) in [5.74, 6) is -3.00. The van der Waals surface area contributed by atoms with E-state index in [9.17, 15) is 14.0 Å². The lowest BCUT2D eigenvalue weighted by molar-refractivity contribution is -0.146. The van der Waals surface area contributed by atoms with E-state index in [-0.39, 0.29) is 18.8 Å². The van der Waals surface area contributed by atoms with Crippen LogP contribution in [0.3, 0.4) is 0 Å². The van der Waals surface area contributed by atoms with E-state index < -0.39 is 29.6 Å². The SMILES string of the molecule is CCOC(=O)C1=C(C)N=C(C)C(C(=O)OCC)C1c1cccc(F)c1. The maximum Gasteiger partial charge on any atom is 0.336 e. The van der Waals surface area contributed by atoms with Gasteiger partial charge in [0, 0.05) is 17.3 Å². The number of esters is 2. The van der Waals surface area contributed by atoms with E-state index in [1.165, 1.54) is 12.1 Å². The standard InChI is InChI=1S/C19H22FNO4/c1-5-24-18(22)15-11(3)21-12(4)16(19(23)25-6-2)17(15)13-8-7-9-14(20)10-13/h7-10,15,17H,5-6H2,1-4H3. The topological polar surface area (TPSA) is 65.0 Å². The molecule has 0 N–H and O–H groups in total. The van der Waals surface area contributed by atoms with Gasteiger partial charge < -0.3 is 9.47 Å². The first-order valence-electron chi connectivity index (χ1n) is 8.25. The molecule has 6 heteroatoms. The predicted molar refractivity (Wildman–Crippen MR) is 91.7 cm³/mol. The van der Waals surface area contributed by atoms with Crippen LogP contribution in [0.2, 0.25) is 0 Å².